The summed E-state index contributed by atoms with van der Waals surface area (Å²) in [6.07, 6.45) is 4.04. The summed E-state index contributed by atoms with van der Waals surface area (Å²) < 4.78 is 6.06. The van der Waals surface area contributed by atoms with Crippen molar-refractivity contribution in [3.8, 4) is 0 Å². The molecule has 0 aromatic carbocycles. The predicted molar refractivity (Wildman–Crippen MR) is 79.2 cm³/mol. The molecule has 6 heteroatoms. The number of thioether (sulfide) groups is 1. The molecule has 0 radical (unpaired) electrons. The van der Waals surface area contributed by atoms with E-state index in [1.165, 1.54) is 0 Å². The number of esters is 1. The Bertz CT molecular complexity index is 440. The fourth-order valence-electron chi connectivity index (χ4n) is 1.60. The fraction of sp³-hybridized carbons (Fsp3) is 0.538. The number of nitrogens with one attached hydrogen (secondary N) is 1. The van der Waals surface area contributed by atoms with E-state index in [1.54, 1.807) is 18.0 Å². The number of pyridine rings is 1. The van der Waals surface area contributed by atoms with Crippen LogP contribution in [0.4, 0.5) is 0 Å². The quantitative estimate of drug-likeness (QED) is 0.608. The maximum Gasteiger partial charge on any atom is 0.324 e. The van der Waals surface area contributed by atoms with E-state index in [1.807, 2.05) is 19.1 Å². The Morgan fingerprint density at radius 2 is 2.47 bits per heavy atom. The third kappa shape index (κ3) is 4.78. The van der Waals surface area contributed by atoms with Gasteiger partial charge in [0.2, 0.25) is 0 Å². The number of nitrogens with zero attached hydrogens (tertiary/aromatic N) is 1. The lowest BCUT2D eigenvalue weighted by molar-refractivity contribution is -0.145. The van der Waals surface area contributed by atoms with Crippen molar-refractivity contribution in [2.24, 2.45) is 0 Å². The molecular formula is C13H17BrN2O2S. The number of hydrogen-bond donors (Lipinski definition) is 1. The second kappa shape index (κ2) is 7.26. The van der Waals surface area contributed by atoms with Crippen molar-refractivity contribution in [3.63, 3.8) is 0 Å². The number of halogens is 1. The summed E-state index contributed by atoms with van der Waals surface area (Å²) in [6, 6.07) is 4.04. The van der Waals surface area contributed by atoms with Crippen molar-refractivity contribution < 1.29 is 9.53 Å². The number of hydrogen-bond acceptors (Lipinski definition) is 5. The zero-order valence-corrected chi connectivity index (χ0v) is 13.2. The first kappa shape index (κ1) is 14.8. The van der Waals surface area contributed by atoms with Gasteiger partial charge in [-0.2, -0.15) is 0 Å². The SMILES string of the molecule is CCOC(=O)C(CSc1ncccc1Br)NC1CC1. The zero-order valence-electron chi connectivity index (χ0n) is 10.8. The lowest BCUT2D eigenvalue weighted by Gasteiger charge is -2.16. The van der Waals surface area contributed by atoms with Crippen LogP contribution in [0, 0.1) is 0 Å². The number of carbonyl (C=O) groups excluding carboxylic acids is 1. The van der Waals surface area contributed by atoms with Crippen molar-refractivity contribution >= 4 is 33.7 Å². The van der Waals surface area contributed by atoms with E-state index in [4.69, 9.17) is 4.74 Å². The van der Waals surface area contributed by atoms with Crippen LogP contribution in [0.3, 0.4) is 0 Å². The first-order chi connectivity index (χ1) is 9.20. The van der Waals surface area contributed by atoms with Crippen molar-refractivity contribution in [1.29, 1.82) is 0 Å². The normalized spacial score (nSPS) is 16.1. The first-order valence-electron chi connectivity index (χ1n) is 6.36. The highest BCUT2D eigenvalue weighted by Gasteiger charge is 2.29. The van der Waals surface area contributed by atoms with Gasteiger partial charge in [-0.05, 0) is 47.8 Å². The molecule has 0 amide bonds. The van der Waals surface area contributed by atoms with Gasteiger partial charge in [0.15, 0.2) is 0 Å². The smallest absolute Gasteiger partial charge is 0.324 e. The molecule has 0 bridgehead atoms. The van der Waals surface area contributed by atoms with Gasteiger partial charge in [-0.1, -0.05) is 0 Å². The van der Waals surface area contributed by atoms with Gasteiger partial charge < -0.3 is 10.1 Å². The minimum Gasteiger partial charge on any atom is -0.465 e. The molecule has 1 heterocycles. The van der Waals surface area contributed by atoms with E-state index in [9.17, 15) is 4.79 Å². The topological polar surface area (TPSA) is 51.2 Å². The molecular weight excluding hydrogens is 328 g/mol. The van der Waals surface area contributed by atoms with Crippen LogP contribution in [0.2, 0.25) is 0 Å². The van der Waals surface area contributed by atoms with Gasteiger partial charge in [-0.3, -0.25) is 4.79 Å². The van der Waals surface area contributed by atoms with Crippen molar-refractivity contribution in [1.82, 2.24) is 10.3 Å². The van der Waals surface area contributed by atoms with Gasteiger partial charge in [-0.25, -0.2) is 4.98 Å². The van der Waals surface area contributed by atoms with E-state index in [2.05, 4.69) is 26.2 Å². The van der Waals surface area contributed by atoms with E-state index in [0.717, 1.165) is 22.3 Å². The van der Waals surface area contributed by atoms with Crippen LogP contribution in [-0.4, -0.2) is 35.4 Å². The minimum atomic E-state index is -0.258. The van der Waals surface area contributed by atoms with Crippen LogP contribution in [0.5, 0.6) is 0 Å². The fourth-order valence-corrected chi connectivity index (χ4v) is 3.10. The molecule has 1 atom stereocenters. The second-order valence-corrected chi connectivity index (χ2v) is 6.21. The van der Waals surface area contributed by atoms with Crippen LogP contribution in [-0.2, 0) is 9.53 Å². The maximum absolute atomic E-state index is 11.9. The van der Waals surface area contributed by atoms with Crippen LogP contribution >= 0.6 is 27.7 Å². The van der Waals surface area contributed by atoms with Gasteiger partial charge in [0.25, 0.3) is 0 Å². The molecule has 1 aliphatic carbocycles. The van der Waals surface area contributed by atoms with Crippen molar-refractivity contribution in [2.45, 2.75) is 36.9 Å². The molecule has 0 spiro atoms. The van der Waals surface area contributed by atoms with Gasteiger partial charge in [0.05, 0.1) is 6.61 Å². The molecule has 1 aromatic heterocycles. The molecule has 1 fully saturated rings. The molecule has 19 heavy (non-hydrogen) atoms. The summed E-state index contributed by atoms with van der Waals surface area (Å²) in [7, 11) is 0. The highest BCUT2D eigenvalue weighted by Crippen LogP contribution is 2.26. The summed E-state index contributed by atoms with van der Waals surface area (Å²) in [5, 5.41) is 4.22. The summed E-state index contributed by atoms with van der Waals surface area (Å²) in [5.74, 6) is 0.458. The van der Waals surface area contributed by atoms with Gasteiger partial charge in [0.1, 0.15) is 11.1 Å². The molecule has 1 aromatic rings. The summed E-state index contributed by atoms with van der Waals surface area (Å²) >= 11 is 5.02. The van der Waals surface area contributed by atoms with Crippen LogP contribution in [0.25, 0.3) is 0 Å². The Morgan fingerprint density at radius 3 is 3.11 bits per heavy atom. The molecule has 1 N–H and O–H groups in total. The molecule has 2 rings (SSSR count). The summed E-state index contributed by atoms with van der Waals surface area (Å²) in [6.45, 7) is 2.24. The largest absolute Gasteiger partial charge is 0.465 e. The molecule has 104 valence electrons. The van der Waals surface area contributed by atoms with Crippen LogP contribution in [0.15, 0.2) is 27.8 Å². The average Bonchev–Trinajstić information content (AvgIpc) is 3.20. The molecule has 4 nitrogen and oxygen atoms in total. The van der Waals surface area contributed by atoms with Crippen molar-refractivity contribution in [3.05, 3.63) is 22.8 Å². The van der Waals surface area contributed by atoms with Crippen LogP contribution < -0.4 is 5.32 Å². The summed E-state index contributed by atoms with van der Waals surface area (Å²) in [5.41, 5.74) is 0. The Morgan fingerprint density at radius 1 is 1.68 bits per heavy atom. The lowest BCUT2D eigenvalue weighted by atomic mass is 10.3. The highest BCUT2D eigenvalue weighted by atomic mass is 79.9. The zero-order chi connectivity index (χ0) is 13.7. The standard InChI is InChI=1S/C13H17BrN2O2S/c1-2-18-13(17)11(16-9-5-6-9)8-19-12-10(14)4-3-7-15-12/h3-4,7,9,11,16H,2,5-6,8H2,1H3. The molecule has 0 aliphatic heterocycles. The third-order valence-electron chi connectivity index (χ3n) is 2.70. The monoisotopic (exact) mass is 344 g/mol. The summed E-state index contributed by atoms with van der Waals surface area (Å²) in [4.78, 5) is 16.2. The number of ether oxygens (including phenoxy) is 1. The molecule has 1 unspecified atom stereocenters. The molecule has 1 aliphatic rings. The van der Waals surface area contributed by atoms with E-state index in [0.29, 0.717) is 18.4 Å². The first-order valence-corrected chi connectivity index (χ1v) is 8.14. The molecule has 0 saturated heterocycles. The lowest BCUT2D eigenvalue weighted by Crippen LogP contribution is -2.41. The molecule has 1 saturated carbocycles. The Hall–Kier alpha value is -0.590. The predicted octanol–water partition coefficient (Wildman–Crippen LogP) is 2.62. The number of aromatic nitrogens is 1. The number of rotatable bonds is 7. The van der Waals surface area contributed by atoms with Gasteiger partial charge in [0, 0.05) is 22.5 Å². The Balaban J connectivity index is 1.91. The third-order valence-corrected chi connectivity index (χ3v) is 4.70. The average molecular weight is 345 g/mol. The maximum atomic E-state index is 11.9. The van der Waals surface area contributed by atoms with Crippen molar-refractivity contribution in [2.75, 3.05) is 12.4 Å². The van der Waals surface area contributed by atoms with Crippen LogP contribution in [0.1, 0.15) is 19.8 Å². The second-order valence-electron chi connectivity index (χ2n) is 4.35. The van der Waals surface area contributed by atoms with Gasteiger partial charge in [-0.15, -0.1) is 11.8 Å². The van der Waals surface area contributed by atoms with E-state index < -0.39 is 0 Å². The van der Waals surface area contributed by atoms with E-state index >= 15 is 0 Å². The van der Waals surface area contributed by atoms with E-state index in [-0.39, 0.29) is 12.0 Å². The number of carbonyl (C=O) groups is 1. The minimum absolute atomic E-state index is 0.172. The van der Waals surface area contributed by atoms with Gasteiger partial charge >= 0.3 is 5.97 Å². The Labute approximate surface area is 125 Å². The highest BCUT2D eigenvalue weighted by molar-refractivity contribution is 9.10. The Kier molecular flexibility index (Phi) is 5.66.